The highest BCUT2D eigenvalue weighted by atomic mass is 35.5. The van der Waals surface area contributed by atoms with Crippen molar-refractivity contribution in [1.29, 1.82) is 0 Å². The number of hydrogen-bond acceptors (Lipinski definition) is 5. The first-order chi connectivity index (χ1) is 8.56. The molecule has 0 saturated heterocycles. The van der Waals surface area contributed by atoms with Crippen LogP contribution in [0.15, 0.2) is 18.2 Å². The average Bonchev–Trinajstić information content (AvgIpc) is 2.73. The average molecular weight is 269 g/mol. The van der Waals surface area contributed by atoms with E-state index in [0.29, 0.717) is 16.6 Å². The van der Waals surface area contributed by atoms with Gasteiger partial charge in [-0.3, -0.25) is 0 Å². The summed E-state index contributed by atoms with van der Waals surface area (Å²) in [4.78, 5) is 1.36. The summed E-state index contributed by atoms with van der Waals surface area (Å²) < 4.78 is 5.48. The number of rotatable bonds is 4. The Bertz CT molecular complexity index is 542. The molecule has 1 heterocycles. The van der Waals surface area contributed by atoms with E-state index in [9.17, 15) is 5.11 Å². The lowest BCUT2D eigenvalue weighted by Gasteiger charge is -2.09. The second-order valence-corrected chi connectivity index (χ2v) is 4.26. The lowest BCUT2D eigenvalue weighted by Crippen LogP contribution is -2.00. The van der Waals surface area contributed by atoms with Gasteiger partial charge in [-0.25, -0.2) is 0 Å². The fourth-order valence-electron chi connectivity index (χ4n) is 1.42. The molecule has 7 heteroatoms. The first-order valence-electron chi connectivity index (χ1n) is 5.39. The molecule has 0 amide bonds. The van der Waals surface area contributed by atoms with E-state index in [1.807, 2.05) is 0 Å². The molecule has 18 heavy (non-hydrogen) atoms. The van der Waals surface area contributed by atoms with Gasteiger partial charge in [-0.1, -0.05) is 17.7 Å². The van der Waals surface area contributed by atoms with Crippen LogP contribution in [0.1, 0.15) is 24.4 Å². The minimum Gasteiger partial charge on any atom is -0.484 e. The number of aliphatic hydroxyl groups is 1. The van der Waals surface area contributed by atoms with Crippen LogP contribution in [0.4, 0.5) is 0 Å². The van der Waals surface area contributed by atoms with Crippen molar-refractivity contribution < 1.29 is 9.84 Å². The van der Waals surface area contributed by atoms with Crippen molar-refractivity contribution in [3.05, 3.63) is 34.6 Å². The molecule has 96 valence electrons. The molecular formula is C11H13ClN4O2. The lowest BCUT2D eigenvalue weighted by molar-refractivity contribution is 0.199. The van der Waals surface area contributed by atoms with Crippen molar-refractivity contribution >= 4 is 11.6 Å². The Hall–Kier alpha value is -1.66. The van der Waals surface area contributed by atoms with E-state index >= 15 is 0 Å². The van der Waals surface area contributed by atoms with Crippen LogP contribution in [-0.2, 0) is 13.7 Å². The maximum atomic E-state index is 9.42. The van der Waals surface area contributed by atoms with Crippen molar-refractivity contribution in [2.75, 3.05) is 0 Å². The van der Waals surface area contributed by atoms with Crippen molar-refractivity contribution in [2.45, 2.75) is 19.6 Å². The summed E-state index contributed by atoms with van der Waals surface area (Å²) in [5.74, 6) is 1.00. The number of benzene rings is 1. The Morgan fingerprint density at radius 1 is 1.50 bits per heavy atom. The van der Waals surface area contributed by atoms with E-state index in [1.54, 1.807) is 32.2 Å². The van der Waals surface area contributed by atoms with Gasteiger partial charge in [0.1, 0.15) is 5.75 Å². The number of aryl methyl sites for hydroxylation is 1. The minimum atomic E-state index is -0.557. The third-order valence-corrected chi connectivity index (χ3v) is 2.64. The normalized spacial score (nSPS) is 12.4. The molecule has 6 nitrogen and oxygen atoms in total. The summed E-state index contributed by atoms with van der Waals surface area (Å²) in [6.07, 6.45) is -0.557. The van der Waals surface area contributed by atoms with Gasteiger partial charge in [-0.2, -0.15) is 4.80 Å². The molecule has 0 aliphatic carbocycles. The summed E-state index contributed by atoms with van der Waals surface area (Å²) in [5.41, 5.74) is 0.741. The van der Waals surface area contributed by atoms with Gasteiger partial charge in [-0.15, -0.1) is 10.2 Å². The van der Waals surface area contributed by atoms with Gasteiger partial charge in [-0.05, 0) is 29.8 Å². The summed E-state index contributed by atoms with van der Waals surface area (Å²) in [6, 6.07) is 5.14. The van der Waals surface area contributed by atoms with Crippen LogP contribution in [0.2, 0.25) is 5.02 Å². The molecule has 0 fully saturated rings. The fraction of sp³-hybridized carbons (Fsp3) is 0.364. The number of aliphatic hydroxyl groups excluding tert-OH is 1. The minimum absolute atomic E-state index is 0.196. The van der Waals surface area contributed by atoms with Crippen LogP contribution in [0.25, 0.3) is 0 Å². The second-order valence-electron chi connectivity index (χ2n) is 3.85. The van der Waals surface area contributed by atoms with Gasteiger partial charge in [0.05, 0.1) is 18.2 Å². The van der Waals surface area contributed by atoms with Gasteiger partial charge < -0.3 is 9.84 Å². The molecule has 0 radical (unpaired) electrons. The van der Waals surface area contributed by atoms with Crippen LogP contribution >= 0.6 is 11.6 Å². The molecule has 0 bridgehead atoms. The van der Waals surface area contributed by atoms with E-state index in [4.69, 9.17) is 16.3 Å². The highest BCUT2D eigenvalue weighted by molar-refractivity contribution is 6.32. The second kappa shape index (κ2) is 5.32. The van der Waals surface area contributed by atoms with Gasteiger partial charge in [0.25, 0.3) is 0 Å². The van der Waals surface area contributed by atoms with Crippen LogP contribution in [0.5, 0.6) is 5.75 Å². The predicted octanol–water partition coefficient (Wildman–Crippen LogP) is 1.50. The third kappa shape index (κ3) is 2.96. The Labute approximate surface area is 109 Å². The monoisotopic (exact) mass is 268 g/mol. The van der Waals surface area contributed by atoms with Crippen molar-refractivity contribution in [2.24, 2.45) is 7.05 Å². The number of nitrogens with zero attached hydrogens (tertiary/aromatic N) is 4. The summed E-state index contributed by atoms with van der Waals surface area (Å²) in [6.45, 7) is 1.87. The number of hydrogen-bond donors (Lipinski definition) is 1. The maximum Gasteiger partial charge on any atom is 0.212 e. The summed E-state index contributed by atoms with van der Waals surface area (Å²) >= 11 is 6.05. The van der Waals surface area contributed by atoms with Gasteiger partial charge in [0, 0.05) is 0 Å². The Morgan fingerprint density at radius 2 is 2.28 bits per heavy atom. The van der Waals surface area contributed by atoms with E-state index in [0.717, 1.165) is 5.56 Å². The van der Waals surface area contributed by atoms with Crippen LogP contribution in [0, 0.1) is 0 Å². The maximum absolute atomic E-state index is 9.42. The Balaban J connectivity index is 2.05. The summed E-state index contributed by atoms with van der Waals surface area (Å²) in [7, 11) is 1.68. The highest BCUT2D eigenvalue weighted by Gasteiger charge is 2.08. The van der Waals surface area contributed by atoms with Gasteiger partial charge >= 0.3 is 0 Å². The molecule has 1 aromatic heterocycles. The van der Waals surface area contributed by atoms with Crippen LogP contribution in [-0.4, -0.2) is 25.3 Å². The van der Waals surface area contributed by atoms with Crippen LogP contribution in [0.3, 0.4) is 0 Å². The third-order valence-electron chi connectivity index (χ3n) is 2.34. The molecule has 2 rings (SSSR count). The zero-order valence-corrected chi connectivity index (χ0v) is 10.8. The Kier molecular flexibility index (Phi) is 3.78. The van der Waals surface area contributed by atoms with Gasteiger partial charge in [0.15, 0.2) is 6.61 Å². The van der Waals surface area contributed by atoms with Crippen LogP contribution < -0.4 is 4.74 Å². The molecule has 0 spiro atoms. The molecule has 0 unspecified atom stereocenters. The SMILES string of the molecule is C[C@@H](O)c1ccc(OCc2nnn(C)n2)c(Cl)c1. The largest absolute Gasteiger partial charge is 0.484 e. The molecule has 0 aliphatic rings. The number of tetrazole rings is 1. The standard InChI is InChI=1S/C11H13ClN4O2/c1-7(17)8-3-4-10(9(12)5-8)18-6-11-13-15-16(2)14-11/h3-5,7,17H,6H2,1-2H3/t7-/m1/s1. The zero-order valence-electron chi connectivity index (χ0n) is 10.0. The molecule has 1 N–H and O–H groups in total. The van der Waals surface area contributed by atoms with E-state index in [-0.39, 0.29) is 6.61 Å². The number of aromatic nitrogens is 4. The molecule has 2 aromatic rings. The molecule has 0 saturated carbocycles. The smallest absolute Gasteiger partial charge is 0.212 e. The van der Waals surface area contributed by atoms with Crippen molar-refractivity contribution in [3.8, 4) is 5.75 Å². The summed E-state index contributed by atoms with van der Waals surface area (Å²) in [5, 5.41) is 21.3. The molecular weight excluding hydrogens is 256 g/mol. The van der Waals surface area contributed by atoms with E-state index in [1.165, 1.54) is 4.80 Å². The lowest BCUT2D eigenvalue weighted by atomic mass is 10.1. The fourth-order valence-corrected chi connectivity index (χ4v) is 1.66. The first-order valence-corrected chi connectivity index (χ1v) is 5.77. The van der Waals surface area contributed by atoms with Gasteiger partial charge in [0.2, 0.25) is 5.82 Å². The molecule has 1 atom stereocenters. The first kappa shape index (κ1) is 12.8. The van der Waals surface area contributed by atoms with E-state index < -0.39 is 6.10 Å². The Morgan fingerprint density at radius 3 is 2.83 bits per heavy atom. The highest BCUT2D eigenvalue weighted by Crippen LogP contribution is 2.28. The van der Waals surface area contributed by atoms with E-state index in [2.05, 4.69) is 15.4 Å². The van der Waals surface area contributed by atoms with Crippen molar-refractivity contribution in [1.82, 2.24) is 20.2 Å². The number of ether oxygens (including phenoxy) is 1. The zero-order chi connectivity index (χ0) is 13.1. The molecule has 1 aromatic carbocycles. The van der Waals surface area contributed by atoms with Crippen molar-refractivity contribution in [3.63, 3.8) is 0 Å². The quantitative estimate of drug-likeness (QED) is 0.910. The number of halogens is 1. The topological polar surface area (TPSA) is 73.1 Å². The predicted molar refractivity (Wildman–Crippen MR) is 65.2 cm³/mol. The molecule has 0 aliphatic heterocycles.